The van der Waals surface area contributed by atoms with E-state index in [1.54, 1.807) is 0 Å². The van der Waals surface area contributed by atoms with Crippen LogP contribution in [0.2, 0.25) is 0 Å². The van der Waals surface area contributed by atoms with Gasteiger partial charge in [0.05, 0.1) is 0 Å². The number of hydrogen-bond donors (Lipinski definition) is 1. The van der Waals surface area contributed by atoms with E-state index in [-0.39, 0.29) is 6.61 Å². The maximum atomic E-state index is 10.9. The zero-order chi connectivity index (χ0) is 12.7. The molecule has 0 heterocycles. The van der Waals surface area contributed by atoms with E-state index in [4.69, 9.17) is 5.11 Å². The number of aliphatic hydroxyl groups excluding tert-OH is 1. The van der Waals surface area contributed by atoms with E-state index < -0.39 is 0 Å². The summed E-state index contributed by atoms with van der Waals surface area (Å²) in [4.78, 5) is 13.0. The zero-order valence-electron chi connectivity index (χ0n) is 10.0. The van der Waals surface area contributed by atoms with E-state index in [0.717, 1.165) is 42.3 Å². The largest absolute Gasteiger partial charge is 0.396 e. The van der Waals surface area contributed by atoms with Crippen LogP contribution in [-0.4, -0.2) is 31.6 Å². The van der Waals surface area contributed by atoms with E-state index in [1.807, 2.05) is 25.2 Å². The number of unbranched alkanes of at least 4 members (excludes halogenated alkanes) is 2. The third-order valence-corrected chi connectivity index (χ3v) is 3.18. The second-order valence-electron chi connectivity index (χ2n) is 4.03. The molecule has 1 N–H and O–H groups in total. The summed E-state index contributed by atoms with van der Waals surface area (Å²) in [6.45, 7) is 1.14. The van der Waals surface area contributed by atoms with Crippen LogP contribution in [-0.2, 0) is 0 Å². The number of nitrogens with zero attached hydrogens (tertiary/aromatic N) is 1. The predicted octanol–water partition coefficient (Wildman–Crippen LogP) is 2.86. The van der Waals surface area contributed by atoms with Gasteiger partial charge >= 0.3 is 0 Å². The molecule has 4 heteroatoms. The standard InChI is InChI=1S/C13H18BrNO2/c1-15(7-3-2-4-8-16)13-9-12(14)6-5-11(13)10-17/h5-6,9-10,16H,2-4,7-8H2,1H3. The molecule has 0 bridgehead atoms. The molecule has 0 saturated carbocycles. The second-order valence-corrected chi connectivity index (χ2v) is 4.94. The molecule has 0 aliphatic carbocycles. The molecule has 0 aliphatic heterocycles. The Bertz CT molecular complexity index is 368. The van der Waals surface area contributed by atoms with E-state index in [1.165, 1.54) is 0 Å². The summed E-state index contributed by atoms with van der Waals surface area (Å²) >= 11 is 3.41. The van der Waals surface area contributed by atoms with Crippen LogP contribution in [0.15, 0.2) is 22.7 Å². The Kier molecular flexibility index (Phi) is 6.22. The number of aldehydes is 1. The number of halogens is 1. The first-order valence-electron chi connectivity index (χ1n) is 5.75. The number of hydrogen-bond acceptors (Lipinski definition) is 3. The molecule has 0 fully saturated rings. The van der Waals surface area contributed by atoms with Crippen molar-refractivity contribution in [2.45, 2.75) is 19.3 Å². The van der Waals surface area contributed by atoms with Crippen molar-refractivity contribution < 1.29 is 9.90 Å². The molecular formula is C13H18BrNO2. The fourth-order valence-corrected chi connectivity index (χ4v) is 2.05. The van der Waals surface area contributed by atoms with E-state index in [9.17, 15) is 4.79 Å². The summed E-state index contributed by atoms with van der Waals surface area (Å²) in [5, 5.41) is 8.70. The van der Waals surface area contributed by atoms with Gasteiger partial charge in [-0.05, 0) is 37.5 Å². The number of anilines is 1. The monoisotopic (exact) mass is 299 g/mol. The molecular weight excluding hydrogens is 282 g/mol. The van der Waals surface area contributed by atoms with Crippen LogP contribution in [0, 0.1) is 0 Å². The lowest BCUT2D eigenvalue weighted by atomic mass is 10.1. The lowest BCUT2D eigenvalue weighted by Gasteiger charge is -2.21. The van der Waals surface area contributed by atoms with Gasteiger partial charge in [0.2, 0.25) is 0 Å². The Morgan fingerprint density at radius 1 is 1.35 bits per heavy atom. The van der Waals surface area contributed by atoms with Gasteiger partial charge in [-0.25, -0.2) is 0 Å². The van der Waals surface area contributed by atoms with Crippen molar-refractivity contribution >= 4 is 27.9 Å². The first-order valence-corrected chi connectivity index (χ1v) is 6.55. The van der Waals surface area contributed by atoms with Crippen LogP contribution >= 0.6 is 15.9 Å². The van der Waals surface area contributed by atoms with Crippen molar-refractivity contribution in [2.24, 2.45) is 0 Å². The first kappa shape index (κ1) is 14.2. The van der Waals surface area contributed by atoms with Gasteiger partial charge in [-0.1, -0.05) is 15.9 Å². The number of benzene rings is 1. The van der Waals surface area contributed by atoms with Crippen molar-refractivity contribution in [1.29, 1.82) is 0 Å². The quantitative estimate of drug-likeness (QED) is 0.622. The Balaban J connectivity index is 2.63. The van der Waals surface area contributed by atoms with Crippen LogP contribution in [0.25, 0.3) is 0 Å². The maximum Gasteiger partial charge on any atom is 0.152 e. The van der Waals surface area contributed by atoms with Gasteiger partial charge in [0.25, 0.3) is 0 Å². The summed E-state index contributed by atoms with van der Waals surface area (Å²) in [5.41, 5.74) is 1.65. The number of rotatable bonds is 7. The summed E-state index contributed by atoms with van der Waals surface area (Å²) in [6.07, 6.45) is 3.74. The minimum absolute atomic E-state index is 0.250. The lowest BCUT2D eigenvalue weighted by Crippen LogP contribution is -2.20. The molecule has 0 radical (unpaired) electrons. The molecule has 0 amide bonds. The highest BCUT2D eigenvalue weighted by molar-refractivity contribution is 9.10. The summed E-state index contributed by atoms with van der Waals surface area (Å²) in [7, 11) is 1.98. The van der Waals surface area contributed by atoms with E-state index in [0.29, 0.717) is 5.56 Å². The number of aliphatic hydroxyl groups is 1. The molecule has 0 atom stereocenters. The predicted molar refractivity (Wildman–Crippen MR) is 73.7 cm³/mol. The van der Waals surface area contributed by atoms with Crippen molar-refractivity contribution in [3.8, 4) is 0 Å². The highest BCUT2D eigenvalue weighted by Gasteiger charge is 2.07. The summed E-state index contributed by atoms with van der Waals surface area (Å²) in [6, 6.07) is 5.64. The Morgan fingerprint density at radius 3 is 2.76 bits per heavy atom. The summed E-state index contributed by atoms with van der Waals surface area (Å²) in [5.74, 6) is 0. The molecule has 0 saturated heterocycles. The fourth-order valence-electron chi connectivity index (χ4n) is 1.71. The average Bonchev–Trinajstić information content (AvgIpc) is 2.34. The highest BCUT2D eigenvalue weighted by Crippen LogP contribution is 2.23. The Labute approximate surface area is 111 Å². The Morgan fingerprint density at radius 2 is 2.12 bits per heavy atom. The van der Waals surface area contributed by atoms with Gasteiger partial charge in [-0.3, -0.25) is 4.79 Å². The van der Waals surface area contributed by atoms with Crippen molar-refractivity contribution in [1.82, 2.24) is 0 Å². The number of carbonyl (C=O) groups is 1. The molecule has 0 spiro atoms. The third kappa shape index (κ3) is 4.48. The third-order valence-electron chi connectivity index (χ3n) is 2.68. The molecule has 1 aromatic rings. The van der Waals surface area contributed by atoms with Gasteiger partial charge in [0, 0.05) is 35.9 Å². The minimum atomic E-state index is 0.250. The molecule has 1 aromatic carbocycles. The summed E-state index contributed by atoms with van der Waals surface area (Å²) < 4.78 is 0.973. The second kappa shape index (κ2) is 7.45. The van der Waals surface area contributed by atoms with Crippen molar-refractivity contribution in [3.63, 3.8) is 0 Å². The van der Waals surface area contributed by atoms with E-state index in [2.05, 4.69) is 20.8 Å². The van der Waals surface area contributed by atoms with Crippen LogP contribution in [0.5, 0.6) is 0 Å². The normalized spacial score (nSPS) is 10.3. The first-order chi connectivity index (χ1) is 8.19. The number of carbonyl (C=O) groups excluding carboxylic acids is 1. The SMILES string of the molecule is CN(CCCCCO)c1cc(Br)ccc1C=O. The molecule has 17 heavy (non-hydrogen) atoms. The minimum Gasteiger partial charge on any atom is -0.396 e. The van der Waals surface area contributed by atoms with Crippen LogP contribution in [0.4, 0.5) is 5.69 Å². The maximum absolute atomic E-state index is 10.9. The van der Waals surface area contributed by atoms with Crippen LogP contribution in [0.3, 0.4) is 0 Å². The zero-order valence-corrected chi connectivity index (χ0v) is 11.6. The van der Waals surface area contributed by atoms with Crippen molar-refractivity contribution in [3.05, 3.63) is 28.2 Å². The topological polar surface area (TPSA) is 40.5 Å². The molecule has 0 aromatic heterocycles. The fraction of sp³-hybridized carbons (Fsp3) is 0.462. The Hall–Kier alpha value is -0.870. The van der Waals surface area contributed by atoms with Gasteiger partial charge in [-0.2, -0.15) is 0 Å². The lowest BCUT2D eigenvalue weighted by molar-refractivity contribution is 0.112. The van der Waals surface area contributed by atoms with Gasteiger partial charge in [-0.15, -0.1) is 0 Å². The van der Waals surface area contributed by atoms with Gasteiger partial charge in [0.15, 0.2) is 6.29 Å². The van der Waals surface area contributed by atoms with Crippen molar-refractivity contribution in [2.75, 3.05) is 25.1 Å². The van der Waals surface area contributed by atoms with Crippen LogP contribution < -0.4 is 4.90 Å². The van der Waals surface area contributed by atoms with Crippen LogP contribution in [0.1, 0.15) is 29.6 Å². The molecule has 1 rings (SSSR count). The molecule has 3 nitrogen and oxygen atoms in total. The van der Waals surface area contributed by atoms with E-state index >= 15 is 0 Å². The molecule has 0 unspecified atom stereocenters. The average molecular weight is 300 g/mol. The smallest absolute Gasteiger partial charge is 0.152 e. The molecule has 0 aliphatic rings. The van der Waals surface area contributed by atoms with Gasteiger partial charge in [0.1, 0.15) is 0 Å². The van der Waals surface area contributed by atoms with Gasteiger partial charge < -0.3 is 10.0 Å². The molecule has 94 valence electrons. The highest BCUT2D eigenvalue weighted by atomic mass is 79.9.